The Morgan fingerprint density at radius 3 is 2.69 bits per heavy atom. The van der Waals surface area contributed by atoms with E-state index in [0.29, 0.717) is 0 Å². The molecule has 0 aliphatic carbocycles. The molecule has 82 valence electrons. The first-order chi connectivity index (χ1) is 7.86. The van der Waals surface area contributed by atoms with Crippen LogP contribution < -0.4 is 0 Å². The van der Waals surface area contributed by atoms with Crippen LogP contribution in [0.5, 0.6) is 0 Å². The predicted octanol–water partition coefficient (Wildman–Crippen LogP) is 4.32. The summed E-state index contributed by atoms with van der Waals surface area (Å²) in [4.78, 5) is 0. The van der Waals surface area contributed by atoms with Gasteiger partial charge < -0.3 is 5.11 Å². The smallest absolute Gasteiger partial charge is 0.0797 e. The van der Waals surface area contributed by atoms with Crippen molar-refractivity contribution < 1.29 is 5.11 Å². The standard InChI is InChI=1S/C15H16O/c1-2-5-12-8-9-13-6-3-4-7-14(13)15(12)10-11-16/h3-4,6-11,16H,2,5H2,1H3. The maximum absolute atomic E-state index is 8.99. The van der Waals surface area contributed by atoms with Gasteiger partial charge in [-0.15, -0.1) is 0 Å². The summed E-state index contributed by atoms with van der Waals surface area (Å²) in [6.07, 6.45) is 5.07. The number of hydrogen-bond donors (Lipinski definition) is 1. The van der Waals surface area contributed by atoms with Crippen LogP contribution >= 0.6 is 0 Å². The number of aliphatic hydroxyl groups is 1. The molecule has 0 fully saturated rings. The number of rotatable bonds is 3. The van der Waals surface area contributed by atoms with Crippen molar-refractivity contribution in [3.05, 3.63) is 53.8 Å². The minimum Gasteiger partial charge on any atom is -0.516 e. The highest BCUT2D eigenvalue weighted by Gasteiger charge is 2.03. The zero-order valence-corrected chi connectivity index (χ0v) is 9.48. The van der Waals surface area contributed by atoms with E-state index in [2.05, 4.69) is 31.2 Å². The van der Waals surface area contributed by atoms with Gasteiger partial charge in [-0.05, 0) is 34.4 Å². The van der Waals surface area contributed by atoms with Gasteiger partial charge >= 0.3 is 0 Å². The van der Waals surface area contributed by atoms with Crippen LogP contribution in [0.2, 0.25) is 0 Å². The van der Waals surface area contributed by atoms with E-state index in [9.17, 15) is 0 Å². The van der Waals surface area contributed by atoms with Crippen molar-refractivity contribution in [2.75, 3.05) is 0 Å². The predicted molar refractivity (Wildman–Crippen MR) is 69.6 cm³/mol. The Hall–Kier alpha value is -1.76. The molecule has 0 radical (unpaired) electrons. The molecule has 2 aromatic carbocycles. The van der Waals surface area contributed by atoms with Crippen LogP contribution in [0, 0.1) is 0 Å². The molecule has 0 unspecified atom stereocenters. The number of hydrogen-bond acceptors (Lipinski definition) is 1. The van der Waals surface area contributed by atoms with Crippen LogP contribution in [0.4, 0.5) is 0 Å². The molecule has 2 aromatic rings. The maximum Gasteiger partial charge on any atom is 0.0797 e. The lowest BCUT2D eigenvalue weighted by Crippen LogP contribution is -1.90. The molecule has 0 saturated carbocycles. The first kappa shape index (κ1) is 10.7. The molecule has 0 aliphatic heterocycles. The molecular weight excluding hydrogens is 196 g/mol. The second kappa shape index (κ2) is 4.84. The van der Waals surface area contributed by atoms with Gasteiger partial charge in [0.05, 0.1) is 6.26 Å². The normalized spacial score (nSPS) is 11.3. The quantitative estimate of drug-likeness (QED) is 0.751. The van der Waals surface area contributed by atoms with E-state index in [1.807, 2.05) is 12.1 Å². The summed E-state index contributed by atoms with van der Waals surface area (Å²) < 4.78 is 0. The van der Waals surface area contributed by atoms with Crippen molar-refractivity contribution >= 4 is 16.8 Å². The zero-order valence-electron chi connectivity index (χ0n) is 9.48. The molecule has 0 aliphatic rings. The SMILES string of the molecule is CCCc1ccc2ccccc2c1C=CO. The fourth-order valence-corrected chi connectivity index (χ4v) is 2.10. The van der Waals surface area contributed by atoms with Gasteiger partial charge in [0.15, 0.2) is 0 Å². The number of benzene rings is 2. The van der Waals surface area contributed by atoms with Crippen LogP contribution in [0.25, 0.3) is 16.8 Å². The van der Waals surface area contributed by atoms with Gasteiger partial charge in [-0.1, -0.05) is 49.7 Å². The van der Waals surface area contributed by atoms with Crippen LogP contribution in [0.1, 0.15) is 24.5 Å². The molecule has 0 heterocycles. The van der Waals surface area contributed by atoms with Crippen molar-refractivity contribution in [2.45, 2.75) is 19.8 Å². The molecule has 16 heavy (non-hydrogen) atoms. The Bertz CT molecular complexity index is 512. The minimum atomic E-state index is 1.05. The van der Waals surface area contributed by atoms with Crippen LogP contribution in [-0.2, 0) is 6.42 Å². The van der Waals surface area contributed by atoms with Crippen LogP contribution in [-0.4, -0.2) is 5.11 Å². The largest absolute Gasteiger partial charge is 0.516 e. The van der Waals surface area contributed by atoms with E-state index in [1.54, 1.807) is 6.08 Å². The van der Waals surface area contributed by atoms with E-state index in [0.717, 1.165) is 24.7 Å². The van der Waals surface area contributed by atoms with E-state index in [4.69, 9.17) is 5.11 Å². The lowest BCUT2D eigenvalue weighted by molar-refractivity contribution is 0.478. The van der Waals surface area contributed by atoms with Gasteiger partial charge in [-0.25, -0.2) is 0 Å². The minimum absolute atomic E-state index is 1.05. The van der Waals surface area contributed by atoms with Crippen molar-refractivity contribution in [2.24, 2.45) is 0 Å². The highest BCUT2D eigenvalue weighted by atomic mass is 16.2. The topological polar surface area (TPSA) is 20.2 Å². The number of aliphatic hydroxyl groups excluding tert-OH is 1. The van der Waals surface area contributed by atoms with Crippen LogP contribution in [0.3, 0.4) is 0 Å². The summed E-state index contributed by atoms with van der Waals surface area (Å²) in [5.41, 5.74) is 2.44. The molecule has 0 amide bonds. The molecule has 0 spiro atoms. The summed E-state index contributed by atoms with van der Waals surface area (Å²) >= 11 is 0. The van der Waals surface area contributed by atoms with Gasteiger partial charge in [0.25, 0.3) is 0 Å². The van der Waals surface area contributed by atoms with Gasteiger partial charge in [0.2, 0.25) is 0 Å². The second-order valence-corrected chi connectivity index (χ2v) is 3.93. The Balaban J connectivity index is 2.68. The molecule has 1 heteroatoms. The third-order valence-corrected chi connectivity index (χ3v) is 2.82. The van der Waals surface area contributed by atoms with Crippen molar-refractivity contribution in [3.63, 3.8) is 0 Å². The number of fused-ring (bicyclic) bond motifs is 1. The zero-order chi connectivity index (χ0) is 11.4. The highest BCUT2D eigenvalue weighted by Crippen LogP contribution is 2.24. The fraction of sp³-hybridized carbons (Fsp3) is 0.200. The number of aryl methyl sites for hydroxylation is 1. The molecule has 1 nitrogen and oxygen atoms in total. The third kappa shape index (κ3) is 1.94. The Morgan fingerprint density at radius 1 is 1.12 bits per heavy atom. The first-order valence-corrected chi connectivity index (χ1v) is 5.68. The second-order valence-electron chi connectivity index (χ2n) is 3.93. The van der Waals surface area contributed by atoms with E-state index in [-0.39, 0.29) is 0 Å². The highest BCUT2D eigenvalue weighted by molar-refractivity contribution is 5.91. The first-order valence-electron chi connectivity index (χ1n) is 5.68. The van der Waals surface area contributed by atoms with Gasteiger partial charge in [-0.3, -0.25) is 0 Å². The van der Waals surface area contributed by atoms with Gasteiger partial charge in [-0.2, -0.15) is 0 Å². The molecule has 0 bridgehead atoms. The summed E-state index contributed by atoms with van der Waals surface area (Å²) in [6.45, 7) is 2.17. The van der Waals surface area contributed by atoms with Gasteiger partial charge in [0, 0.05) is 0 Å². The van der Waals surface area contributed by atoms with E-state index >= 15 is 0 Å². The molecule has 2 rings (SSSR count). The molecular formula is C15H16O. The van der Waals surface area contributed by atoms with E-state index < -0.39 is 0 Å². The Morgan fingerprint density at radius 2 is 1.94 bits per heavy atom. The average Bonchev–Trinajstić information content (AvgIpc) is 2.32. The van der Waals surface area contributed by atoms with Crippen LogP contribution in [0.15, 0.2) is 42.7 Å². The van der Waals surface area contributed by atoms with Crippen molar-refractivity contribution in [1.29, 1.82) is 0 Å². The molecule has 1 N–H and O–H groups in total. The molecule has 0 saturated heterocycles. The molecule has 0 atom stereocenters. The fourth-order valence-electron chi connectivity index (χ4n) is 2.10. The maximum atomic E-state index is 8.99. The van der Waals surface area contributed by atoms with Crippen molar-refractivity contribution in [3.8, 4) is 0 Å². The molecule has 0 aromatic heterocycles. The lowest BCUT2D eigenvalue weighted by atomic mass is 9.96. The average molecular weight is 212 g/mol. The van der Waals surface area contributed by atoms with E-state index in [1.165, 1.54) is 16.3 Å². The monoisotopic (exact) mass is 212 g/mol. The summed E-state index contributed by atoms with van der Waals surface area (Å²) in [5, 5.41) is 11.4. The summed E-state index contributed by atoms with van der Waals surface area (Å²) in [6, 6.07) is 12.6. The summed E-state index contributed by atoms with van der Waals surface area (Å²) in [5.74, 6) is 0. The van der Waals surface area contributed by atoms with Gasteiger partial charge in [0.1, 0.15) is 0 Å². The lowest BCUT2D eigenvalue weighted by Gasteiger charge is -2.08. The Labute approximate surface area is 96.0 Å². The summed E-state index contributed by atoms with van der Waals surface area (Å²) in [7, 11) is 0. The third-order valence-electron chi connectivity index (χ3n) is 2.82. The van der Waals surface area contributed by atoms with Crippen molar-refractivity contribution in [1.82, 2.24) is 0 Å². The Kier molecular flexibility index (Phi) is 3.25.